The Balaban J connectivity index is 1.30. The standard InChI is InChI=1S/C47H32F2/c1-27(28-15-19-33(48)20-16-28)39-25-41-40(37-14-6-13-36-35-11-3-2-7-31(35)23-43(41)47(36)37)26-44(39)46(30-17-21-34(49)22-18-30)42-24-32-10-4-8-29-9-5-12-38(42)45(29)32/h3-5,8-12,14-23,25-26H,1-2,6-7,13,24H2/b46-42+. The molecular weight excluding hydrogens is 603 g/mol. The highest BCUT2D eigenvalue weighted by molar-refractivity contribution is 6.13. The largest absolute Gasteiger partial charge is 0.207 e. The summed E-state index contributed by atoms with van der Waals surface area (Å²) in [6.45, 7) is 4.67. The van der Waals surface area contributed by atoms with Crippen LogP contribution in [0.3, 0.4) is 0 Å². The molecule has 0 aliphatic heterocycles. The summed E-state index contributed by atoms with van der Waals surface area (Å²) < 4.78 is 28.7. The minimum absolute atomic E-state index is 0.261. The highest BCUT2D eigenvalue weighted by atomic mass is 19.1. The van der Waals surface area contributed by atoms with Gasteiger partial charge in [-0.05, 0) is 180 Å². The van der Waals surface area contributed by atoms with E-state index in [-0.39, 0.29) is 11.6 Å². The molecule has 0 heterocycles. The van der Waals surface area contributed by atoms with Crippen LogP contribution in [0.5, 0.6) is 0 Å². The van der Waals surface area contributed by atoms with Crippen molar-refractivity contribution < 1.29 is 8.78 Å². The summed E-state index contributed by atoms with van der Waals surface area (Å²) in [6.07, 6.45) is 12.0. The fourth-order valence-electron chi connectivity index (χ4n) is 8.90. The van der Waals surface area contributed by atoms with Crippen molar-refractivity contribution in [3.8, 4) is 11.1 Å². The minimum Gasteiger partial charge on any atom is -0.207 e. The number of fused-ring (bicyclic) bond motifs is 5. The van der Waals surface area contributed by atoms with Crippen molar-refractivity contribution in [1.82, 2.24) is 0 Å². The van der Waals surface area contributed by atoms with E-state index in [0.29, 0.717) is 0 Å². The third-order valence-corrected chi connectivity index (χ3v) is 11.1. The molecule has 0 unspecified atom stereocenters. The van der Waals surface area contributed by atoms with Crippen molar-refractivity contribution in [3.63, 3.8) is 0 Å². The maximum atomic E-state index is 14.5. The third kappa shape index (κ3) is 4.26. The maximum absolute atomic E-state index is 14.5. The van der Waals surface area contributed by atoms with Crippen molar-refractivity contribution in [2.45, 2.75) is 32.1 Å². The van der Waals surface area contributed by atoms with E-state index in [2.05, 4.69) is 79.4 Å². The molecule has 6 aromatic carbocycles. The molecule has 0 N–H and O–H groups in total. The van der Waals surface area contributed by atoms with Crippen LogP contribution in [0.25, 0.3) is 50.3 Å². The van der Waals surface area contributed by atoms with Gasteiger partial charge in [0.05, 0.1) is 0 Å². The molecule has 0 atom stereocenters. The molecular formula is C47H32F2. The lowest BCUT2D eigenvalue weighted by Gasteiger charge is -2.22. The van der Waals surface area contributed by atoms with Gasteiger partial charge in [0.1, 0.15) is 11.6 Å². The van der Waals surface area contributed by atoms with E-state index in [0.717, 1.165) is 65.5 Å². The van der Waals surface area contributed by atoms with Crippen LogP contribution in [0.2, 0.25) is 0 Å². The molecule has 0 spiro atoms. The number of hydrogen-bond acceptors (Lipinski definition) is 0. The molecule has 49 heavy (non-hydrogen) atoms. The zero-order chi connectivity index (χ0) is 32.8. The van der Waals surface area contributed by atoms with Crippen LogP contribution in [-0.2, 0) is 19.3 Å². The average molecular weight is 635 g/mol. The Morgan fingerprint density at radius 2 is 1.37 bits per heavy atom. The van der Waals surface area contributed by atoms with Crippen LogP contribution < -0.4 is 0 Å². The predicted molar refractivity (Wildman–Crippen MR) is 199 cm³/mol. The minimum atomic E-state index is -0.273. The molecule has 2 heteroatoms. The smallest absolute Gasteiger partial charge is 0.123 e. The van der Waals surface area contributed by atoms with Gasteiger partial charge in [0.25, 0.3) is 0 Å². The predicted octanol–water partition coefficient (Wildman–Crippen LogP) is 12.0. The molecule has 234 valence electrons. The van der Waals surface area contributed by atoms with E-state index in [1.165, 1.54) is 84.1 Å². The van der Waals surface area contributed by atoms with Gasteiger partial charge in [-0.3, -0.25) is 0 Å². The second kappa shape index (κ2) is 10.7. The highest BCUT2D eigenvalue weighted by Crippen LogP contribution is 2.54. The second-order valence-electron chi connectivity index (χ2n) is 13.7. The van der Waals surface area contributed by atoms with E-state index in [9.17, 15) is 8.78 Å². The van der Waals surface area contributed by atoms with Crippen molar-refractivity contribution in [1.29, 1.82) is 0 Å². The third-order valence-electron chi connectivity index (χ3n) is 11.1. The van der Waals surface area contributed by atoms with Crippen molar-refractivity contribution in [2.24, 2.45) is 0 Å². The molecule has 0 radical (unpaired) electrons. The summed E-state index contributed by atoms with van der Waals surface area (Å²) in [4.78, 5) is 0. The van der Waals surface area contributed by atoms with E-state index < -0.39 is 0 Å². The summed E-state index contributed by atoms with van der Waals surface area (Å²) in [7, 11) is 0. The van der Waals surface area contributed by atoms with Crippen molar-refractivity contribution in [2.75, 3.05) is 0 Å². The molecule has 6 aromatic rings. The van der Waals surface area contributed by atoms with E-state index in [4.69, 9.17) is 0 Å². The first-order valence-corrected chi connectivity index (χ1v) is 17.2. The van der Waals surface area contributed by atoms with Crippen LogP contribution in [-0.4, -0.2) is 0 Å². The number of hydrogen-bond donors (Lipinski definition) is 0. The van der Waals surface area contributed by atoms with E-state index >= 15 is 0 Å². The van der Waals surface area contributed by atoms with Crippen molar-refractivity contribution in [3.05, 3.63) is 195 Å². The maximum Gasteiger partial charge on any atom is 0.123 e. The van der Waals surface area contributed by atoms with Gasteiger partial charge in [-0.25, -0.2) is 8.78 Å². The highest BCUT2D eigenvalue weighted by Gasteiger charge is 2.34. The second-order valence-corrected chi connectivity index (χ2v) is 13.7. The fraction of sp³-hybridized carbons (Fsp3) is 0.106. The number of rotatable bonds is 4. The Morgan fingerprint density at radius 1 is 0.633 bits per heavy atom. The van der Waals surface area contributed by atoms with Crippen LogP contribution in [0.1, 0.15) is 74.0 Å². The van der Waals surface area contributed by atoms with Gasteiger partial charge in [-0.1, -0.05) is 85.5 Å². The Hall–Kier alpha value is -5.60. The van der Waals surface area contributed by atoms with Gasteiger partial charge >= 0.3 is 0 Å². The fourth-order valence-corrected chi connectivity index (χ4v) is 8.90. The Morgan fingerprint density at radius 3 is 2.16 bits per heavy atom. The van der Waals surface area contributed by atoms with Crippen molar-refractivity contribution >= 4 is 39.1 Å². The lowest BCUT2D eigenvalue weighted by molar-refractivity contribution is 0.627. The normalized spacial score (nSPS) is 15.9. The zero-order valence-electron chi connectivity index (χ0n) is 27.0. The quantitative estimate of drug-likeness (QED) is 0.181. The molecule has 0 nitrogen and oxygen atoms in total. The molecule has 4 aliphatic rings. The Bertz CT molecular complexity index is 2520. The average Bonchev–Trinajstić information content (AvgIpc) is 3.66. The number of halogens is 2. The Kier molecular flexibility index (Phi) is 6.21. The van der Waals surface area contributed by atoms with Gasteiger partial charge in [-0.2, -0.15) is 0 Å². The SMILES string of the molecule is C=C(c1ccc(F)cc1)c1cc2c(cc1/C(=C1\Cc3cccc4cccc1c34)c1ccc(F)cc1)C1=CCCc3c4c(cc-2c31)CCC=C4. The number of allylic oxidation sites excluding steroid dienone is 3. The molecule has 0 fully saturated rings. The van der Waals surface area contributed by atoms with Crippen LogP contribution in [0, 0.1) is 11.6 Å². The first-order chi connectivity index (χ1) is 24.0. The summed E-state index contributed by atoms with van der Waals surface area (Å²) in [5, 5.41) is 2.51. The number of benzene rings is 6. The molecule has 10 rings (SSSR count). The first-order valence-electron chi connectivity index (χ1n) is 17.2. The lowest BCUT2D eigenvalue weighted by Crippen LogP contribution is -2.06. The van der Waals surface area contributed by atoms with Gasteiger partial charge in [0.15, 0.2) is 0 Å². The molecule has 0 aromatic heterocycles. The molecule has 4 aliphatic carbocycles. The summed E-state index contributed by atoms with van der Waals surface area (Å²) in [6, 6.07) is 33.8. The monoisotopic (exact) mass is 634 g/mol. The van der Waals surface area contributed by atoms with Gasteiger partial charge in [0, 0.05) is 0 Å². The number of aryl methyl sites for hydroxylation is 1. The Labute approximate surface area is 285 Å². The van der Waals surface area contributed by atoms with E-state index in [1.807, 2.05) is 24.3 Å². The van der Waals surface area contributed by atoms with Gasteiger partial charge in [-0.15, -0.1) is 0 Å². The summed E-state index contributed by atoms with van der Waals surface area (Å²) >= 11 is 0. The summed E-state index contributed by atoms with van der Waals surface area (Å²) in [5.41, 5.74) is 20.3. The van der Waals surface area contributed by atoms with E-state index in [1.54, 1.807) is 12.1 Å². The first kappa shape index (κ1) is 28.4. The van der Waals surface area contributed by atoms with Crippen LogP contribution in [0.15, 0.2) is 122 Å². The van der Waals surface area contributed by atoms with Crippen LogP contribution >= 0.6 is 0 Å². The molecule has 0 bridgehead atoms. The molecule has 0 amide bonds. The molecule has 0 saturated carbocycles. The zero-order valence-corrected chi connectivity index (χ0v) is 27.0. The van der Waals surface area contributed by atoms with Crippen LogP contribution in [0.4, 0.5) is 8.78 Å². The topological polar surface area (TPSA) is 0 Å². The lowest BCUT2D eigenvalue weighted by atomic mass is 9.81. The van der Waals surface area contributed by atoms with Gasteiger partial charge < -0.3 is 0 Å². The summed E-state index contributed by atoms with van der Waals surface area (Å²) in [5.74, 6) is -0.534. The molecule has 0 saturated heterocycles. The van der Waals surface area contributed by atoms with Gasteiger partial charge in [0.2, 0.25) is 0 Å².